The molecule has 1 aliphatic carbocycles. The third-order valence-corrected chi connectivity index (χ3v) is 4.12. The van der Waals surface area contributed by atoms with Gasteiger partial charge in [0, 0.05) is 6.61 Å². The summed E-state index contributed by atoms with van der Waals surface area (Å²) in [6.45, 7) is 2.56. The van der Waals surface area contributed by atoms with Gasteiger partial charge in [0.15, 0.2) is 0 Å². The summed E-state index contributed by atoms with van der Waals surface area (Å²) in [5.41, 5.74) is 0.171. The van der Waals surface area contributed by atoms with E-state index in [2.05, 4.69) is 0 Å². The summed E-state index contributed by atoms with van der Waals surface area (Å²) >= 11 is 0. The Kier molecular flexibility index (Phi) is 4.89. The van der Waals surface area contributed by atoms with E-state index in [1.54, 1.807) is 14.2 Å². The van der Waals surface area contributed by atoms with Gasteiger partial charge in [-0.1, -0.05) is 18.9 Å². The fraction of sp³-hybridized carbons (Fsp3) is 0.625. The van der Waals surface area contributed by atoms with E-state index in [1.807, 2.05) is 25.1 Å². The van der Waals surface area contributed by atoms with E-state index in [1.165, 1.54) is 0 Å². The molecule has 2 rings (SSSR count). The molecule has 0 saturated heterocycles. The predicted molar refractivity (Wildman–Crippen MR) is 77.3 cm³/mol. The first-order valence-electron chi connectivity index (χ1n) is 7.21. The molecule has 1 fully saturated rings. The van der Waals surface area contributed by atoms with Gasteiger partial charge in [0.2, 0.25) is 0 Å². The maximum Gasteiger partial charge on any atom is 0.128 e. The smallest absolute Gasteiger partial charge is 0.128 e. The Morgan fingerprint density at radius 1 is 1.15 bits per heavy atom. The second kappa shape index (κ2) is 6.46. The van der Waals surface area contributed by atoms with E-state index in [0.29, 0.717) is 23.7 Å². The van der Waals surface area contributed by atoms with Crippen LogP contribution in [0.5, 0.6) is 11.5 Å². The van der Waals surface area contributed by atoms with Crippen LogP contribution in [0, 0.1) is 0 Å². The highest BCUT2D eigenvalue weighted by atomic mass is 16.5. The minimum Gasteiger partial charge on any atom is -0.496 e. The maximum atomic E-state index is 10.9. The molecule has 1 aliphatic rings. The number of benzene rings is 1. The molecular formula is C16H24O4. The summed E-state index contributed by atoms with van der Waals surface area (Å²) in [6.07, 6.45) is 3.14. The van der Waals surface area contributed by atoms with E-state index >= 15 is 0 Å². The second-order valence-electron chi connectivity index (χ2n) is 5.18. The third kappa shape index (κ3) is 2.63. The summed E-state index contributed by atoms with van der Waals surface area (Å²) in [5, 5.41) is 10.9. The summed E-state index contributed by atoms with van der Waals surface area (Å²) in [6, 6.07) is 5.54. The molecule has 1 aromatic carbocycles. The van der Waals surface area contributed by atoms with Crippen LogP contribution in [0.2, 0.25) is 0 Å². The highest BCUT2D eigenvalue weighted by Crippen LogP contribution is 2.47. The van der Waals surface area contributed by atoms with Crippen LogP contribution in [0.25, 0.3) is 0 Å². The van der Waals surface area contributed by atoms with Gasteiger partial charge in [0.25, 0.3) is 0 Å². The van der Waals surface area contributed by atoms with E-state index in [0.717, 1.165) is 25.7 Å². The average Bonchev–Trinajstić information content (AvgIpc) is 2.95. The Morgan fingerprint density at radius 2 is 1.70 bits per heavy atom. The Labute approximate surface area is 120 Å². The third-order valence-electron chi connectivity index (χ3n) is 4.12. The van der Waals surface area contributed by atoms with Crippen LogP contribution in [0.15, 0.2) is 18.2 Å². The lowest BCUT2D eigenvalue weighted by molar-refractivity contribution is -0.119. The molecule has 4 nitrogen and oxygen atoms in total. The van der Waals surface area contributed by atoms with Gasteiger partial charge in [0.1, 0.15) is 17.6 Å². The summed E-state index contributed by atoms with van der Waals surface area (Å²) in [5.74, 6) is 1.28. The molecule has 0 aliphatic heterocycles. The summed E-state index contributed by atoms with van der Waals surface area (Å²) in [4.78, 5) is 0. The van der Waals surface area contributed by atoms with Crippen LogP contribution in [-0.2, 0) is 4.74 Å². The van der Waals surface area contributed by atoms with E-state index < -0.39 is 11.7 Å². The van der Waals surface area contributed by atoms with Crippen molar-refractivity contribution in [1.82, 2.24) is 0 Å². The van der Waals surface area contributed by atoms with Crippen molar-refractivity contribution >= 4 is 0 Å². The minimum atomic E-state index is -0.740. The zero-order valence-corrected chi connectivity index (χ0v) is 12.5. The summed E-state index contributed by atoms with van der Waals surface area (Å²) in [7, 11) is 3.21. The minimum absolute atomic E-state index is 0.517. The monoisotopic (exact) mass is 280 g/mol. The Morgan fingerprint density at radius 3 is 2.15 bits per heavy atom. The lowest BCUT2D eigenvalue weighted by atomic mass is 9.88. The SMILES string of the molecule is CCOC1(C(O)c2c(OC)cccc2OC)CCCC1. The number of aliphatic hydroxyl groups is 1. The highest BCUT2D eigenvalue weighted by Gasteiger charge is 2.44. The van der Waals surface area contributed by atoms with Crippen molar-refractivity contribution in [2.45, 2.75) is 44.3 Å². The second-order valence-corrected chi connectivity index (χ2v) is 5.18. The normalized spacial score (nSPS) is 18.8. The first kappa shape index (κ1) is 15.1. The molecule has 0 bridgehead atoms. The molecule has 4 heteroatoms. The molecule has 1 atom stereocenters. The average molecular weight is 280 g/mol. The molecule has 20 heavy (non-hydrogen) atoms. The zero-order valence-electron chi connectivity index (χ0n) is 12.5. The molecule has 0 heterocycles. The van der Waals surface area contributed by atoms with Crippen molar-refractivity contribution in [2.75, 3.05) is 20.8 Å². The summed E-state index contributed by atoms with van der Waals surface area (Å²) < 4.78 is 16.7. The molecular weight excluding hydrogens is 256 g/mol. The number of ether oxygens (including phenoxy) is 3. The first-order chi connectivity index (χ1) is 9.68. The van der Waals surface area contributed by atoms with Gasteiger partial charge in [-0.15, -0.1) is 0 Å². The van der Waals surface area contributed by atoms with Gasteiger partial charge in [-0.25, -0.2) is 0 Å². The molecule has 1 unspecified atom stereocenters. The number of hydrogen-bond donors (Lipinski definition) is 1. The van der Waals surface area contributed by atoms with Gasteiger partial charge in [-0.3, -0.25) is 0 Å². The number of aliphatic hydroxyl groups excluding tert-OH is 1. The maximum absolute atomic E-state index is 10.9. The van der Waals surface area contributed by atoms with Gasteiger partial charge < -0.3 is 19.3 Å². The van der Waals surface area contributed by atoms with Crippen LogP contribution >= 0.6 is 0 Å². The van der Waals surface area contributed by atoms with Gasteiger partial charge in [0.05, 0.1) is 25.4 Å². The van der Waals surface area contributed by atoms with Crippen LogP contribution in [0.4, 0.5) is 0 Å². The molecule has 0 spiro atoms. The van der Waals surface area contributed by atoms with Crippen molar-refractivity contribution in [3.05, 3.63) is 23.8 Å². The lowest BCUT2D eigenvalue weighted by Gasteiger charge is -2.35. The van der Waals surface area contributed by atoms with Crippen LogP contribution in [0.1, 0.15) is 44.3 Å². The topological polar surface area (TPSA) is 47.9 Å². The van der Waals surface area contributed by atoms with Gasteiger partial charge >= 0.3 is 0 Å². The van der Waals surface area contributed by atoms with E-state index in [4.69, 9.17) is 14.2 Å². The van der Waals surface area contributed by atoms with E-state index in [-0.39, 0.29) is 0 Å². The molecule has 1 saturated carbocycles. The van der Waals surface area contributed by atoms with Gasteiger partial charge in [-0.2, -0.15) is 0 Å². The van der Waals surface area contributed by atoms with Crippen molar-refractivity contribution in [3.63, 3.8) is 0 Å². The zero-order chi connectivity index (χ0) is 14.6. The van der Waals surface area contributed by atoms with Crippen molar-refractivity contribution in [3.8, 4) is 11.5 Å². The molecule has 112 valence electrons. The number of methoxy groups -OCH3 is 2. The molecule has 0 aromatic heterocycles. The van der Waals surface area contributed by atoms with Crippen molar-refractivity contribution in [2.24, 2.45) is 0 Å². The van der Waals surface area contributed by atoms with E-state index in [9.17, 15) is 5.11 Å². The standard InChI is InChI=1S/C16H24O4/c1-4-20-16(10-5-6-11-16)15(17)14-12(18-2)8-7-9-13(14)19-3/h7-9,15,17H,4-6,10-11H2,1-3H3. The Bertz CT molecular complexity index is 416. The molecule has 1 aromatic rings. The van der Waals surface area contributed by atoms with Crippen LogP contribution < -0.4 is 9.47 Å². The molecule has 1 N–H and O–H groups in total. The fourth-order valence-electron chi connectivity index (χ4n) is 3.17. The van der Waals surface area contributed by atoms with Crippen LogP contribution in [0.3, 0.4) is 0 Å². The quantitative estimate of drug-likeness (QED) is 0.870. The predicted octanol–water partition coefficient (Wildman–Crippen LogP) is 3.09. The van der Waals surface area contributed by atoms with Gasteiger partial charge in [-0.05, 0) is 31.9 Å². The Hall–Kier alpha value is -1.26. The molecule has 0 amide bonds. The largest absolute Gasteiger partial charge is 0.496 e. The van der Waals surface area contributed by atoms with Crippen LogP contribution in [-0.4, -0.2) is 31.5 Å². The first-order valence-corrected chi connectivity index (χ1v) is 7.21. The lowest BCUT2D eigenvalue weighted by Crippen LogP contribution is -2.37. The fourth-order valence-corrected chi connectivity index (χ4v) is 3.17. The number of rotatable bonds is 6. The Balaban J connectivity index is 2.43. The molecule has 0 radical (unpaired) electrons. The van der Waals surface area contributed by atoms with Crippen molar-refractivity contribution < 1.29 is 19.3 Å². The van der Waals surface area contributed by atoms with Crippen molar-refractivity contribution in [1.29, 1.82) is 0 Å². The highest BCUT2D eigenvalue weighted by molar-refractivity contribution is 5.47. The number of hydrogen-bond acceptors (Lipinski definition) is 4.